The summed E-state index contributed by atoms with van der Waals surface area (Å²) >= 11 is 0. The van der Waals surface area contributed by atoms with Gasteiger partial charge >= 0.3 is 18.4 Å². The predicted molar refractivity (Wildman–Crippen MR) is 143 cm³/mol. The number of urea groups is 1. The molecule has 4 aromatic rings. The molecule has 2 aromatic carbocycles. The fourth-order valence-corrected chi connectivity index (χ4v) is 4.70. The number of piperidine rings is 1. The van der Waals surface area contributed by atoms with Crippen molar-refractivity contribution in [3.05, 3.63) is 83.5 Å². The minimum Gasteiger partial charge on any atom is -0.350 e. The zero-order chi connectivity index (χ0) is 31.5. The minimum atomic E-state index is -4.85. The molecule has 3 heterocycles. The van der Waals surface area contributed by atoms with Crippen LogP contribution in [0.5, 0.6) is 0 Å². The standard InChI is InChI=1S/C28H25F6N7O3/c29-27(30,31)19-6-4-5-18(15-19)23-37-25(44-39-23)17-9-13-40(14-10-17)26(43)36-12-11-35-24(42)21-16-41(20-7-2-1-3-8-20)38-22(21)28(32,33)34/h1-8,15-17H,9-14H2,(H,35,42)(H,36,43). The predicted octanol–water partition coefficient (Wildman–Crippen LogP) is 5.28. The summed E-state index contributed by atoms with van der Waals surface area (Å²) in [6.07, 6.45) is -7.44. The van der Waals surface area contributed by atoms with E-state index in [4.69, 9.17) is 4.52 Å². The number of carbonyl (C=O) groups excluding carboxylic acids is 2. The number of nitrogens with zero attached hydrogens (tertiary/aromatic N) is 5. The van der Waals surface area contributed by atoms with Crippen molar-refractivity contribution in [1.29, 1.82) is 0 Å². The fourth-order valence-electron chi connectivity index (χ4n) is 4.70. The van der Waals surface area contributed by atoms with Crippen molar-refractivity contribution in [3.63, 3.8) is 0 Å². The van der Waals surface area contributed by atoms with E-state index in [0.29, 0.717) is 31.6 Å². The maximum absolute atomic E-state index is 13.5. The van der Waals surface area contributed by atoms with E-state index in [1.165, 1.54) is 17.0 Å². The van der Waals surface area contributed by atoms with E-state index in [2.05, 4.69) is 25.9 Å². The lowest BCUT2D eigenvalue weighted by molar-refractivity contribution is -0.141. The van der Waals surface area contributed by atoms with Gasteiger partial charge in [0.1, 0.15) is 0 Å². The molecular weight excluding hydrogens is 596 g/mol. The molecule has 1 fully saturated rings. The van der Waals surface area contributed by atoms with Crippen LogP contribution in [-0.4, -0.2) is 62.9 Å². The monoisotopic (exact) mass is 621 g/mol. The number of halogens is 6. The highest BCUT2D eigenvalue weighted by molar-refractivity contribution is 5.95. The number of benzene rings is 2. The number of amides is 3. The zero-order valence-corrected chi connectivity index (χ0v) is 22.8. The average molecular weight is 622 g/mol. The number of hydrogen-bond acceptors (Lipinski definition) is 6. The maximum atomic E-state index is 13.5. The first kappa shape index (κ1) is 30.6. The molecule has 1 saturated heterocycles. The van der Waals surface area contributed by atoms with Gasteiger partial charge in [-0.1, -0.05) is 35.5 Å². The van der Waals surface area contributed by atoms with Crippen LogP contribution in [0, 0.1) is 0 Å². The number of hydrogen-bond donors (Lipinski definition) is 2. The number of likely N-dealkylation sites (tertiary alicyclic amines) is 1. The summed E-state index contributed by atoms with van der Waals surface area (Å²) in [6, 6.07) is 12.2. The quantitative estimate of drug-likeness (QED) is 0.214. The molecule has 2 aromatic heterocycles. The molecular formula is C28H25F6N7O3. The number of nitrogens with one attached hydrogen (secondary N) is 2. The molecule has 0 radical (unpaired) electrons. The lowest BCUT2D eigenvalue weighted by Crippen LogP contribution is -2.46. The Morgan fingerprint density at radius 1 is 0.909 bits per heavy atom. The summed E-state index contributed by atoms with van der Waals surface area (Å²) in [5.41, 5.74) is -2.28. The van der Waals surface area contributed by atoms with E-state index in [1.807, 2.05) is 0 Å². The van der Waals surface area contributed by atoms with Crippen molar-refractivity contribution in [1.82, 2.24) is 35.5 Å². The van der Waals surface area contributed by atoms with Crippen LogP contribution in [0.25, 0.3) is 17.1 Å². The van der Waals surface area contributed by atoms with Crippen molar-refractivity contribution in [2.45, 2.75) is 31.1 Å². The number of alkyl halides is 6. The molecule has 2 N–H and O–H groups in total. The maximum Gasteiger partial charge on any atom is 0.435 e. The van der Waals surface area contributed by atoms with Crippen LogP contribution in [0.4, 0.5) is 31.1 Å². The summed E-state index contributed by atoms with van der Waals surface area (Å²) in [7, 11) is 0. The molecule has 0 unspecified atom stereocenters. The smallest absolute Gasteiger partial charge is 0.350 e. The van der Waals surface area contributed by atoms with E-state index in [-0.39, 0.29) is 36.3 Å². The number of para-hydroxylation sites is 1. The first-order chi connectivity index (χ1) is 20.9. The fraction of sp³-hybridized carbons (Fsp3) is 0.321. The molecule has 0 spiro atoms. The van der Waals surface area contributed by atoms with E-state index >= 15 is 0 Å². The molecule has 10 nitrogen and oxygen atoms in total. The number of aromatic nitrogens is 4. The second-order valence-corrected chi connectivity index (χ2v) is 9.95. The molecule has 5 rings (SSSR count). The van der Waals surface area contributed by atoms with E-state index in [1.54, 1.807) is 30.3 Å². The van der Waals surface area contributed by atoms with Gasteiger partial charge in [0.2, 0.25) is 11.7 Å². The molecule has 44 heavy (non-hydrogen) atoms. The van der Waals surface area contributed by atoms with Crippen LogP contribution < -0.4 is 10.6 Å². The van der Waals surface area contributed by atoms with Gasteiger partial charge in [0.05, 0.1) is 16.8 Å². The Kier molecular flexibility index (Phi) is 8.60. The lowest BCUT2D eigenvalue weighted by Gasteiger charge is -2.30. The second kappa shape index (κ2) is 12.4. The van der Waals surface area contributed by atoms with Crippen molar-refractivity contribution in [2.24, 2.45) is 0 Å². The van der Waals surface area contributed by atoms with Gasteiger partial charge in [0.15, 0.2) is 5.69 Å². The highest BCUT2D eigenvalue weighted by Crippen LogP contribution is 2.33. The van der Waals surface area contributed by atoms with Gasteiger partial charge in [-0.05, 0) is 37.1 Å². The Morgan fingerprint density at radius 2 is 1.61 bits per heavy atom. The number of carbonyl (C=O) groups is 2. The second-order valence-electron chi connectivity index (χ2n) is 9.95. The zero-order valence-electron chi connectivity index (χ0n) is 22.8. The Morgan fingerprint density at radius 3 is 2.30 bits per heavy atom. The van der Waals surface area contributed by atoms with Crippen molar-refractivity contribution >= 4 is 11.9 Å². The molecule has 232 valence electrons. The normalized spacial score (nSPS) is 14.5. The summed E-state index contributed by atoms with van der Waals surface area (Å²) in [5.74, 6) is -0.902. The van der Waals surface area contributed by atoms with Crippen LogP contribution in [0.3, 0.4) is 0 Å². The first-order valence-corrected chi connectivity index (χ1v) is 13.4. The van der Waals surface area contributed by atoms with Gasteiger partial charge < -0.3 is 20.1 Å². The Hall–Kier alpha value is -4.89. The summed E-state index contributed by atoms with van der Waals surface area (Å²) in [5, 5.41) is 12.4. The molecule has 1 aliphatic heterocycles. The van der Waals surface area contributed by atoms with E-state index < -0.39 is 41.1 Å². The Bertz CT molecular complexity index is 1610. The Labute approximate surface area is 246 Å². The average Bonchev–Trinajstić information content (AvgIpc) is 3.68. The first-order valence-electron chi connectivity index (χ1n) is 13.4. The van der Waals surface area contributed by atoms with Crippen LogP contribution in [0.15, 0.2) is 65.3 Å². The van der Waals surface area contributed by atoms with Crippen molar-refractivity contribution in [2.75, 3.05) is 26.2 Å². The van der Waals surface area contributed by atoms with Crippen molar-refractivity contribution in [3.8, 4) is 17.1 Å². The van der Waals surface area contributed by atoms with Gasteiger partial charge in [0, 0.05) is 43.9 Å². The molecule has 0 saturated carbocycles. The third-order valence-corrected chi connectivity index (χ3v) is 6.96. The van der Waals surface area contributed by atoms with Gasteiger partial charge in [-0.25, -0.2) is 9.48 Å². The molecule has 0 aliphatic carbocycles. The Balaban J connectivity index is 1.10. The third kappa shape index (κ3) is 7.01. The highest BCUT2D eigenvalue weighted by atomic mass is 19.4. The van der Waals surface area contributed by atoms with Gasteiger partial charge in [-0.15, -0.1) is 0 Å². The largest absolute Gasteiger partial charge is 0.435 e. The van der Waals surface area contributed by atoms with Gasteiger partial charge in [-0.2, -0.15) is 36.4 Å². The van der Waals surface area contributed by atoms with Crippen LogP contribution in [-0.2, 0) is 12.4 Å². The molecule has 1 aliphatic rings. The van der Waals surface area contributed by atoms with Crippen LogP contribution in [0.2, 0.25) is 0 Å². The van der Waals surface area contributed by atoms with E-state index in [9.17, 15) is 35.9 Å². The van der Waals surface area contributed by atoms with Gasteiger partial charge in [-0.3, -0.25) is 4.79 Å². The topological polar surface area (TPSA) is 118 Å². The van der Waals surface area contributed by atoms with E-state index in [0.717, 1.165) is 23.0 Å². The van der Waals surface area contributed by atoms with Crippen LogP contribution >= 0.6 is 0 Å². The number of rotatable bonds is 7. The minimum absolute atomic E-state index is 0.0306. The van der Waals surface area contributed by atoms with Crippen LogP contribution in [0.1, 0.15) is 46.3 Å². The summed E-state index contributed by atoms with van der Waals surface area (Å²) in [6.45, 7) is 0.466. The molecule has 0 bridgehead atoms. The van der Waals surface area contributed by atoms with Gasteiger partial charge in [0.25, 0.3) is 5.91 Å². The SMILES string of the molecule is O=C(NCCNC(=O)N1CCC(c2nc(-c3cccc(C(F)(F)F)c3)no2)CC1)c1cn(-c2ccccc2)nc1C(F)(F)F. The molecule has 16 heteroatoms. The third-order valence-electron chi connectivity index (χ3n) is 6.96. The van der Waals surface area contributed by atoms with Crippen molar-refractivity contribution < 1.29 is 40.5 Å². The molecule has 0 atom stereocenters. The highest BCUT2D eigenvalue weighted by Gasteiger charge is 2.39. The molecule has 3 amide bonds. The lowest BCUT2D eigenvalue weighted by atomic mass is 9.97. The summed E-state index contributed by atoms with van der Waals surface area (Å²) < 4.78 is 86.0. The summed E-state index contributed by atoms with van der Waals surface area (Å²) in [4.78, 5) is 31.0.